The Morgan fingerprint density at radius 3 is 2.54 bits per heavy atom. The Morgan fingerprint density at radius 2 is 1.92 bits per heavy atom. The lowest BCUT2D eigenvalue weighted by molar-refractivity contribution is 0.284. The number of hydrogen-bond acceptors (Lipinski definition) is 3. The molecular weight excluding hydrogens is 352 g/mol. The van der Waals surface area contributed by atoms with Gasteiger partial charge < -0.3 is 14.8 Å². The van der Waals surface area contributed by atoms with Crippen LogP contribution in [0.2, 0.25) is 5.02 Å². The SMILES string of the molecule is C=CCNCc1cc(Cl)c(OCc2ccc(F)cc2)c(OC)c1.Cl. The minimum absolute atomic E-state index is 0. The zero-order valence-electron chi connectivity index (χ0n) is 13.4. The summed E-state index contributed by atoms with van der Waals surface area (Å²) in [5.41, 5.74) is 1.84. The molecule has 0 fully saturated rings. The van der Waals surface area contributed by atoms with Gasteiger partial charge in [0.05, 0.1) is 12.1 Å². The topological polar surface area (TPSA) is 30.5 Å². The molecule has 130 valence electrons. The normalized spacial score (nSPS) is 9.96. The van der Waals surface area contributed by atoms with Gasteiger partial charge in [-0.05, 0) is 35.4 Å². The summed E-state index contributed by atoms with van der Waals surface area (Å²) >= 11 is 6.30. The fourth-order valence-electron chi connectivity index (χ4n) is 2.07. The molecule has 6 heteroatoms. The van der Waals surface area contributed by atoms with Gasteiger partial charge in [-0.15, -0.1) is 19.0 Å². The second-order valence-electron chi connectivity index (χ2n) is 4.94. The van der Waals surface area contributed by atoms with Crippen LogP contribution in [0.5, 0.6) is 11.5 Å². The van der Waals surface area contributed by atoms with E-state index in [9.17, 15) is 4.39 Å². The van der Waals surface area contributed by atoms with Crippen LogP contribution in [0, 0.1) is 5.82 Å². The Bertz CT molecular complexity index is 663. The van der Waals surface area contributed by atoms with Crippen molar-refractivity contribution in [1.29, 1.82) is 0 Å². The van der Waals surface area contributed by atoms with Crippen LogP contribution in [0.3, 0.4) is 0 Å². The van der Waals surface area contributed by atoms with Gasteiger partial charge in [0.15, 0.2) is 11.5 Å². The summed E-state index contributed by atoms with van der Waals surface area (Å²) < 4.78 is 24.0. The van der Waals surface area contributed by atoms with Crippen molar-refractivity contribution in [2.75, 3.05) is 13.7 Å². The third-order valence-electron chi connectivity index (χ3n) is 3.20. The summed E-state index contributed by atoms with van der Waals surface area (Å²) in [5.74, 6) is 0.765. The Kier molecular flexibility index (Phi) is 8.61. The maximum atomic E-state index is 12.9. The van der Waals surface area contributed by atoms with E-state index < -0.39 is 0 Å². The van der Waals surface area contributed by atoms with Gasteiger partial charge >= 0.3 is 0 Å². The highest BCUT2D eigenvalue weighted by molar-refractivity contribution is 6.32. The highest BCUT2D eigenvalue weighted by atomic mass is 35.5. The van der Waals surface area contributed by atoms with Crippen LogP contribution in [0.4, 0.5) is 4.39 Å². The molecule has 3 nitrogen and oxygen atoms in total. The van der Waals surface area contributed by atoms with Crippen LogP contribution in [0.25, 0.3) is 0 Å². The standard InChI is InChI=1S/C18H19ClFNO2.ClH/c1-3-8-21-11-14-9-16(19)18(17(10-14)22-2)23-12-13-4-6-15(20)7-5-13;/h3-7,9-10,21H,1,8,11-12H2,2H3;1H. The first kappa shape index (κ1) is 20.3. The summed E-state index contributed by atoms with van der Waals surface area (Å²) in [7, 11) is 1.57. The van der Waals surface area contributed by atoms with Gasteiger partial charge in [0.2, 0.25) is 0 Å². The van der Waals surface area contributed by atoms with Crippen molar-refractivity contribution in [1.82, 2.24) is 5.32 Å². The molecule has 0 aliphatic heterocycles. The van der Waals surface area contributed by atoms with Gasteiger partial charge in [-0.25, -0.2) is 4.39 Å². The van der Waals surface area contributed by atoms with Crippen molar-refractivity contribution in [3.63, 3.8) is 0 Å². The maximum Gasteiger partial charge on any atom is 0.180 e. The van der Waals surface area contributed by atoms with E-state index in [0.717, 1.165) is 11.1 Å². The van der Waals surface area contributed by atoms with E-state index in [1.807, 2.05) is 12.1 Å². The van der Waals surface area contributed by atoms with Gasteiger partial charge in [-0.1, -0.05) is 29.8 Å². The second-order valence-corrected chi connectivity index (χ2v) is 5.35. The quantitative estimate of drug-likeness (QED) is 0.535. The molecule has 24 heavy (non-hydrogen) atoms. The Labute approximate surface area is 152 Å². The molecule has 2 aromatic rings. The van der Waals surface area contributed by atoms with E-state index in [4.69, 9.17) is 21.1 Å². The van der Waals surface area contributed by atoms with Crippen molar-refractivity contribution in [2.24, 2.45) is 0 Å². The third-order valence-corrected chi connectivity index (χ3v) is 3.48. The number of nitrogens with one attached hydrogen (secondary N) is 1. The van der Waals surface area contributed by atoms with Crippen LogP contribution < -0.4 is 14.8 Å². The molecule has 0 atom stereocenters. The summed E-state index contributed by atoms with van der Waals surface area (Å²) in [6.45, 7) is 5.31. The van der Waals surface area contributed by atoms with Crippen molar-refractivity contribution < 1.29 is 13.9 Å². The number of ether oxygens (including phenoxy) is 2. The first-order valence-corrected chi connectivity index (χ1v) is 7.57. The predicted octanol–water partition coefficient (Wildman–Crippen LogP) is 4.76. The van der Waals surface area contributed by atoms with Gasteiger partial charge in [-0.2, -0.15) is 0 Å². The first-order chi connectivity index (χ1) is 11.1. The van der Waals surface area contributed by atoms with E-state index in [-0.39, 0.29) is 24.8 Å². The molecule has 0 aliphatic carbocycles. The molecular formula is C18H20Cl2FNO2. The second kappa shape index (κ2) is 10.2. The maximum absolute atomic E-state index is 12.9. The van der Waals surface area contributed by atoms with Crippen molar-refractivity contribution in [2.45, 2.75) is 13.2 Å². The highest BCUT2D eigenvalue weighted by Crippen LogP contribution is 2.37. The summed E-state index contributed by atoms with van der Waals surface area (Å²) in [5, 5.41) is 3.68. The highest BCUT2D eigenvalue weighted by Gasteiger charge is 2.12. The smallest absolute Gasteiger partial charge is 0.180 e. The lowest BCUT2D eigenvalue weighted by Crippen LogP contribution is -2.12. The lowest BCUT2D eigenvalue weighted by Gasteiger charge is -2.14. The predicted molar refractivity (Wildman–Crippen MR) is 97.9 cm³/mol. The number of rotatable bonds is 8. The molecule has 0 aromatic heterocycles. The van der Waals surface area contributed by atoms with Gasteiger partial charge in [-0.3, -0.25) is 0 Å². The van der Waals surface area contributed by atoms with Crippen LogP contribution in [0.1, 0.15) is 11.1 Å². The molecule has 0 spiro atoms. The van der Waals surface area contributed by atoms with E-state index in [0.29, 0.717) is 29.6 Å². The van der Waals surface area contributed by atoms with E-state index in [1.54, 1.807) is 25.3 Å². The third kappa shape index (κ3) is 5.71. The molecule has 0 bridgehead atoms. The van der Waals surface area contributed by atoms with Crippen molar-refractivity contribution in [3.05, 3.63) is 71.0 Å². The molecule has 0 heterocycles. The van der Waals surface area contributed by atoms with Gasteiger partial charge in [0, 0.05) is 13.1 Å². The Morgan fingerprint density at radius 1 is 1.21 bits per heavy atom. The number of methoxy groups -OCH3 is 1. The zero-order valence-corrected chi connectivity index (χ0v) is 14.9. The molecule has 0 radical (unpaired) electrons. The summed E-state index contributed by atoms with van der Waals surface area (Å²) in [6, 6.07) is 9.84. The average Bonchev–Trinajstić information content (AvgIpc) is 2.55. The zero-order chi connectivity index (χ0) is 16.7. The van der Waals surface area contributed by atoms with Crippen LogP contribution >= 0.6 is 24.0 Å². The van der Waals surface area contributed by atoms with E-state index >= 15 is 0 Å². The summed E-state index contributed by atoms with van der Waals surface area (Å²) in [4.78, 5) is 0. The first-order valence-electron chi connectivity index (χ1n) is 7.19. The Balaban J connectivity index is 0.00000288. The van der Waals surface area contributed by atoms with Gasteiger partial charge in [0.1, 0.15) is 12.4 Å². The molecule has 0 saturated heterocycles. The van der Waals surface area contributed by atoms with E-state index in [1.165, 1.54) is 12.1 Å². The molecule has 2 rings (SSSR count). The Hall–Kier alpha value is -1.75. The molecule has 1 N–H and O–H groups in total. The number of hydrogen-bond donors (Lipinski definition) is 1. The monoisotopic (exact) mass is 371 g/mol. The molecule has 0 amide bonds. The largest absolute Gasteiger partial charge is 0.493 e. The lowest BCUT2D eigenvalue weighted by atomic mass is 10.2. The number of benzene rings is 2. The molecule has 0 saturated carbocycles. The fraction of sp³-hybridized carbons (Fsp3) is 0.222. The minimum atomic E-state index is -0.277. The van der Waals surface area contributed by atoms with Crippen molar-refractivity contribution >= 4 is 24.0 Å². The average molecular weight is 372 g/mol. The van der Waals surface area contributed by atoms with Gasteiger partial charge in [0.25, 0.3) is 0 Å². The van der Waals surface area contributed by atoms with E-state index in [2.05, 4.69) is 11.9 Å². The molecule has 2 aromatic carbocycles. The number of halogens is 3. The van der Waals surface area contributed by atoms with Crippen LogP contribution in [0.15, 0.2) is 49.1 Å². The minimum Gasteiger partial charge on any atom is -0.493 e. The molecule has 0 aliphatic rings. The van der Waals surface area contributed by atoms with Crippen LogP contribution in [-0.4, -0.2) is 13.7 Å². The molecule has 0 unspecified atom stereocenters. The summed E-state index contributed by atoms with van der Waals surface area (Å²) in [6.07, 6.45) is 1.79. The van der Waals surface area contributed by atoms with Crippen LogP contribution in [-0.2, 0) is 13.2 Å². The van der Waals surface area contributed by atoms with Crippen molar-refractivity contribution in [3.8, 4) is 11.5 Å². The fourth-order valence-corrected chi connectivity index (χ4v) is 2.36.